The number of hydrogen-bond acceptors (Lipinski definition) is 3. The van der Waals surface area contributed by atoms with Gasteiger partial charge in [-0.15, -0.1) is 12.4 Å². The lowest BCUT2D eigenvalue weighted by molar-refractivity contribution is 0.511. The fourth-order valence-electron chi connectivity index (χ4n) is 1.53. The van der Waals surface area contributed by atoms with Gasteiger partial charge in [0.1, 0.15) is 0 Å². The summed E-state index contributed by atoms with van der Waals surface area (Å²) >= 11 is 0. The fourth-order valence-corrected chi connectivity index (χ4v) is 2.88. The minimum atomic E-state index is -3.31. The third-order valence-corrected chi connectivity index (χ3v) is 4.39. The Morgan fingerprint density at radius 3 is 2.19 bits per heavy atom. The van der Waals surface area contributed by atoms with Crippen LogP contribution < -0.4 is 10.0 Å². The second-order valence-electron chi connectivity index (χ2n) is 3.49. The number of benzene rings is 1. The van der Waals surface area contributed by atoms with Crippen LogP contribution in [0.5, 0.6) is 0 Å². The monoisotopic (exact) mass is 263 g/mol. The molecule has 1 fully saturated rings. The molecule has 90 valence electrons. The van der Waals surface area contributed by atoms with Gasteiger partial charge in [0.2, 0.25) is 0 Å². The summed E-state index contributed by atoms with van der Waals surface area (Å²) < 4.78 is 26.3. The number of anilines is 2. The van der Waals surface area contributed by atoms with Crippen molar-refractivity contribution in [2.45, 2.75) is 0 Å². The molecule has 0 saturated carbocycles. The van der Waals surface area contributed by atoms with Crippen LogP contribution in [0.3, 0.4) is 0 Å². The van der Waals surface area contributed by atoms with E-state index >= 15 is 0 Å². The summed E-state index contributed by atoms with van der Waals surface area (Å²) in [4.78, 5) is 0. The Labute approximate surface area is 101 Å². The molecule has 0 aliphatic carbocycles. The van der Waals surface area contributed by atoms with E-state index in [1.54, 1.807) is 31.3 Å². The van der Waals surface area contributed by atoms with E-state index in [1.165, 1.54) is 8.61 Å². The van der Waals surface area contributed by atoms with E-state index in [0.717, 1.165) is 0 Å². The van der Waals surface area contributed by atoms with Gasteiger partial charge < -0.3 is 5.73 Å². The molecular formula is C9H14ClN3O2S. The Morgan fingerprint density at radius 1 is 1.19 bits per heavy atom. The molecule has 1 heterocycles. The lowest BCUT2D eigenvalue weighted by atomic mass is 10.3. The highest BCUT2D eigenvalue weighted by Gasteiger charge is 2.33. The van der Waals surface area contributed by atoms with E-state index in [0.29, 0.717) is 24.5 Å². The first-order valence-electron chi connectivity index (χ1n) is 4.61. The predicted molar refractivity (Wildman–Crippen MR) is 67.0 cm³/mol. The van der Waals surface area contributed by atoms with Gasteiger partial charge in [-0.3, -0.25) is 4.31 Å². The summed E-state index contributed by atoms with van der Waals surface area (Å²) in [5.74, 6) is 0. The van der Waals surface area contributed by atoms with Gasteiger partial charge in [-0.25, -0.2) is 0 Å². The molecule has 0 unspecified atom stereocenters. The third kappa shape index (κ3) is 2.09. The normalized spacial score (nSPS) is 19.4. The van der Waals surface area contributed by atoms with Crippen LogP contribution in [0.15, 0.2) is 24.3 Å². The van der Waals surface area contributed by atoms with Crippen molar-refractivity contribution < 1.29 is 8.42 Å². The molecule has 0 amide bonds. The molecule has 0 radical (unpaired) electrons. The number of hydrogen-bond donors (Lipinski definition) is 1. The first kappa shape index (κ1) is 13.1. The SMILES string of the molecule is CN1CCN(c2ccc(N)cc2)S1(=O)=O.Cl. The molecular weight excluding hydrogens is 250 g/mol. The summed E-state index contributed by atoms with van der Waals surface area (Å²) in [6, 6.07) is 6.82. The molecule has 0 bridgehead atoms. The summed E-state index contributed by atoms with van der Waals surface area (Å²) in [5.41, 5.74) is 6.83. The van der Waals surface area contributed by atoms with Gasteiger partial charge in [-0.2, -0.15) is 12.7 Å². The van der Waals surface area contributed by atoms with Crippen molar-refractivity contribution in [2.75, 3.05) is 30.2 Å². The molecule has 0 aromatic heterocycles. The molecule has 1 aromatic rings. The number of rotatable bonds is 1. The predicted octanol–water partition coefficient (Wildman–Crippen LogP) is 0.687. The Hall–Kier alpha value is -0.980. The van der Waals surface area contributed by atoms with Crippen LogP contribution in [0.25, 0.3) is 0 Å². The van der Waals surface area contributed by atoms with Gasteiger partial charge in [-0.1, -0.05) is 0 Å². The summed E-state index contributed by atoms with van der Waals surface area (Å²) in [6.45, 7) is 1.01. The Morgan fingerprint density at radius 2 is 1.75 bits per heavy atom. The molecule has 1 aliphatic heterocycles. The minimum Gasteiger partial charge on any atom is -0.399 e. The summed E-state index contributed by atoms with van der Waals surface area (Å²) in [5, 5.41) is 0. The zero-order valence-corrected chi connectivity index (χ0v) is 10.5. The van der Waals surface area contributed by atoms with Crippen LogP contribution in [0.2, 0.25) is 0 Å². The largest absolute Gasteiger partial charge is 0.399 e. The molecule has 2 N–H and O–H groups in total. The first-order chi connectivity index (χ1) is 7.01. The van der Waals surface area contributed by atoms with Gasteiger partial charge in [0.15, 0.2) is 0 Å². The molecule has 0 spiro atoms. The van der Waals surface area contributed by atoms with Crippen LogP contribution in [0.1, 0.15) is 0 Å². The average Bonchev–Trinajstić information content (AvgIpc) is 2.44. The van der Waals surface area contributed by atoms with Gasteiger partial charge >= 0.3 is 10.2 Å². The van der Waals surface area contributed by atoms with Crippen LogP contribution in [-0.2, 0) is 10.2 Å². The molecule has 1 aliphatic rings. The van der Waals surface area contributed by atoms with Crippen LogP contribution in [-0.4, -0.2) is 32.9 Å². The van der Waals surface area contributed by atoms with Crippen molar-refractivity contribution in [3.05, 3.63) is 24.3 Å². The molecule has 0 atom stereocenters. The van der Waals surface area contributed by atoms with Crippen molar-refractivity contribution >= 4 is 34.0 Å². The van der Waals surface area contributed by atoms with Crippen LogP contribution in [0.4, 0.5) is 11.4 Å². The van der Waals surface area contributed by atoms with E-state index in [1.807, 2.05) is 0 Å². The molecule has 5 nitrogen and oxygen atoms in total. The van der Waals surface area contributed by atoms with Gasteiger partial charge in [-0.05, 0) is 24.3 Å². The number of halogens is 1. The van der Waals surface area contributed by atoms with Gasteiger partial charge in [0, 0.05) is 25.8 Å². The van der Waals surface area contributed by atoms with Crippen molar-refractivity contribution in [2.24, 2.45) is 0 Å². The highest BCUT2D eigenvalue weighted by atomic mass is 35.5. The smallest absolute Gasteiger partial charge is 0.303 e. The Balaban J connectivity index is 0.00000128. The molecule has 1 aromatic carbocycles. The van der Waals surface area contributed by atoms with E-state index < -0.39 is 10.2 Å². The molecule has 2 rings (SSSR count). The quantitative estimate of drug-likeness (QED) is 0.758. The maximum atomic E-state index is 11.8. The van der Waals surface area contributed by atoms with E-state index in [9.17, 15) is 8.42 Å². The number of nitrogens with two attached hydrogens (primary N) is 1. The van der Waals surface area contributed by atoms with E-state index in [-0.39, 0.29) is 12.4 Å². The Kier molecular flexibility index (Phi) is 3.67. The second kappa shape index (κ2) is 4.48. The molecule has 16 heavy (non-hydrogen) atoms. The van der Waals surface area contributed by atoms with Crippen molar-refractivity contribution in [3.63, 3.8) is 0 Å². The number of nitrogens with zero attached hydrogens (tertiary/aromatic N) is 2. The zero-order valence-electron chi connectivity index (χ0n) is 8.83. The number of nitrogen functional groups attached to an aromatic ring is 1. The average molecular weight is 264 g/mol. The maximum absolute atomic E-state index is 11.8. The molecule has 7 heteroatoms. The van der Waals surface area contributed by atoms with Crippen molar-refractivity contribution in [1.82, 2.24) is 4.31 Å². The van der Waals surface area contributed by atoms with Crippen molar-refractivity contribution in [1.29, 1.82) is 0 Å². The number of likely N-dealkylation sites (N-methyl/N-ethyl adjacent to an activating group) is 1. The fraction of sp³-hybridized carbons (Fsp3) is 0.333. The second-order valence-corrected chi connectivity index (χ2v) is 5.45. The summed E-state index contributed by atoms with van der Waals surface area (Å²) in [7, 11) is -1.73. The van der Waals surface area contributed by atoms with Crippen LogP contribution in [0, 0.1) is 0 Å². The third-order valence-electron chi connectivity index (χ3n) is 2.47. The highest BCUT2D eigenvalue weighted by molar-refractivity contribution is 7.90. The zero-order chi connectivity index (χ0) is 11.1. The van der Waals surface area contributed by atoms with Gasteiger partial charge in [0.25, 0.3) is 0 Å². The minimum absolute atomic E-state index is 0. The maximum Gasteiger partial charge on any atom is 0.303 e. The van der Waals surface area contributed by atoms with Crippen LogP contribution >= 0.6 is 12.4 Å². The van der Waals surface area contributed by atoms with E-state index in [4.69, 9.17) is 5.73 Å². The molecule has 1 saturated heterocycles. The lowest BCUT2D eigenvalue weighted by Crippen LogP contribution is -2.30. The van der Waals surface area contributed by atoms with Crippen molar-refractivity contribution in [3.8, 4) is 0 Å². The van der Waals surface area contributed by atoms with Gasteiger partial charge in [0.05, 0.1) is 5.69 Å². The first-order valence-corrected chi connectivity index (χ1v) is 6.01. The topological polar surface area (TPSA) is 66.6 Å². The highest BCUT2D eigenvalue weighted by Crippen LogP contribution is 2.24. The Bertz CT molecular complexity index is 460. The standard InChI is InChI=1S/C9H13N3O2S.ClH/c1-11-6-7-12(15(11,13)14)9-4-2-8(10)3-5-9;/h2-5H,6-7,10H2,1H3;1H. The summed E-state index contributed by atoms with van der Waals surface area (Å²) in [6.07, 6.45) is 0. The van der Waals surface area contributed by atoms with E-state index in [2.05, 4.69) is 0 Å². The lowest BCUT2D eigenvalue weighted by Gasteiger charge is -2.17.